The van der Waals surface area contributed by atoms with Crippen LogP contribution in [0.25, 0.3) is 0 Å². The number of ether oxygens (including phenoxy) is 6. The maximum absolute atomic E-state index is 13.4. The second-order valence-corrected chi connectivity index (χ2v) is 10.1. The number of pyridine rings is 1. The van der Waals surface area contributed by atoms with Gasteiger partial charge in [0.05, 0.1) is 19.6 Å². The molecule has 42 heavy (non-hydrogen) atoms. The Kier molecular flexibility index (Phi) is 12.4. The summed E-state index contributed by atoms with van der Waals surface area (Å²) in [5.41, 5.74) is 0.584. The lowest BCUT2D eigenvalue weighted by atomic mass is 9.91. The molecule has 3 rings (SSSR count). The summed E-state index contributed by atoms with van der Waals surface area (Å²) in [6, 6.07) is 9.18. The van der Waals surface area contributed by atoms with Crippen LogP contribution >= 0.6 is 11.6 Å². The average molecular weight is 607 g/mol. The van der Waals surface area contributed by atoms with Crippen molar-refractivity contribution in [2.24, 2.45) is 11.8 Å². The number of halogens is 1. The smallest absolute Gasteiger partial charge is 0.332 e. The van der Waals surface area contributed by atoms with E-state index < -0.39 is 60.5 Å². The molecule has 12 nitrogen and oxygen atoms in total. The van der Waals surface area contributed by atoms with Gasteiger partial charge in [-0.15, -0.1) is 11.6 Å². The lowest BCUT2D eigenvalue weighted by Gasteiger charge is -2.29. The van der Waals surface area contributed by atoms with Gasteiger partial charge >= 0.3 is 17.9 Å². The fraction of sp³-hybridized carbons (Fsp3) is 0.483. The maximum atomic E-state index is 13.4. The monoisotopic (exact) mass is 606 g/mol. The summed E-state index contributed by atoms with van der Waals surface area (Å²) >= 11 is 5.61. The number of carbonyl (C=O) groups is 4. The van der Waals surface area contributed by atoms with Gasteiger partial charge in [0.1, 0.15) is 18.6 Å². The van der Waals surface area contributed by atoms with Crippen molar-refractivity contribution < 1.29 is 47.6 Å². The first kappa shape index (κ1) is 32.6. The van der Waals surface area contributed by atoms with E-state index >= 15 is 0 Å². The van der Waals surface area contributed by atoms with Gasteiger partial charge < -0.3 is 33.7 Å². The second kappa shape index (κ2) is 15.9. The van der Waals surface area contributed by atoms with Gasteiger partial charge in [-0.1, -0.05) is 44.2 Å². The molecule has 0 bridgehead atoms. The first-order chi connectivity index (χ1) is 20.2. The molecule has 1 saturated heterocycles. The minimum atomic E-state index is -1.41. The SMILES string of the molecule is COc1ccnc(C(=O)NC2COC(=O)C(Cc3ccccc3)C(OC(=O)C(C)C)C(C)OC2=O)c1OCOCCCl. The lowest BCUT2D eigenvalue weighted by molar-refractivity contribution is -0.176. The van der Waals surface area contributed by atoms with E-state index in [2.05, 4.69) is 10.3 Å². The summed E-state index contributed by atoms with van der Waals surface area (Å²) in [6.07, 6.45) is -0.702. The number of alkyl halides is 1. The minimum Gasteiger partial charge on any atom is -0.493 e. The molecule has 0 saturated carbocycles. The number of amides is 1. The standard InChI is InChI=1S/C29H35ClN2O10/c1-17(2)27(34)42-24-18(3)41-29(36)21(15-39-28(35)20(24)14-19-8-6-5-7-9-19)32-26(33)23-25(40-16-38-13-11-30)22(37-4)10-12-31-23/h5-10,12,17-18,20-21,24H,11,13-16H2,1-4H3,(H,32,33). The first-order valence-electron chi connectivity index (χ1n) is 13.4. The van der Waals surface area contributed by atoms with Crippen molar-refractivity contribution in [1.29, 1.82) is 0 Å². The Morgan fingerprint density at radius 3 is 2.55 bits per heavy atom. The number of carbonyl (C=O) groups excluding carboxylic acids is 4. The van der Waals surface area contributed by atoms with Crippen LogP contribution in [-0.4, -0.2) is 80.0 Å². The van der Waals surface area contributed by atoms with Gasteiger partial charge in [-0.25, -0.2) is 9.78 Å². The van der Waals surface area contributed by atoms with Crippen LogP contribution in [0.5, 0.6) is 11.5 Å². The van der Waals surface area contributed by atoms with Crippen LogP contribution in [0, 0.1) is 11.8 Å². The maximum Gasteiger partial charge on any atom is 0.332 e. The number of nitrogens with zero attached hydrogens (tertiary/aromatic N) is 1. The molecule has 1 fully saturated rings. The third kappa shape index (κ3) is 8.80. The molecule has 0 aliphatic carbocycles. The van der Waals surface area contributed by atoms with Crippen molar-refractivity contribution in [3.05, 3.63) is 53.9 Å². The van der Waals surface area contributed by atoms with Gasteiger partial charge in [0.15, 0.2) is 36.1 Å². The molecule has 228 valence electrons. The summed E-state index contributed by atoms with van der Waals surface area (Å²) in [7, 11) is 1.38. The van der Waals surface area contributed by atoms with Crippen molar-refractivity contribution in [3.8, 4) is 11.5 Å². The third-order valence-electron chi connectivity index (χ3n) is 6.28. The average Bonchev–Trinajstić information content (AvgIpc) is 3.01. The lowest BCUT2D eigenvalue weighted by Crippen LogP contribution is -2.47. The number of rotatable bonds is 12. The summed E-state index contributed by atoms with van der Waals surface area (Å²) in [4.78, 5) is 56.5. The molecule has 0 radical (unpaired) electrons. The van der Waals surface area contributed by atoms with Crippen LogP contribution in [0.4, 0.5) is 0 Å². The molecule has 1 aliphatic rings. The minimum absolute atomic E-state index is 0.0301. The van der Waals surface area contributed by atoms with Gasteiger partial charge in [0.25, 0.3) is 5.91 Å². The number of aromatic nitrogens is 1. The summed E-state index contributed by atoms with van der Waals surface area (Å²) in [5, 5.41) is 2.49. The van der Waals surface area contributed by atoms with Gasteiger partial charge in [0.2, 0.25) is 0 Å². The van der Waals surface area contributed by atoms with E-state index in [0.29, 0.717) is 0 Å². The Morgan fingerprint density at radius 2 is 1.88 bits per heavy atom. The van der Waals surface area contributed by atoms with Gasteiger partial charge in [-0.05, 0) is 18.9 Å². The molecule has 4 unspecified atom stereocenters. The normalized spacial score (nSPS) is 20.8. The molecule has 2 heterocycles. The molecule has 1 aromatic heterocycles. The fourth-order valence-electron chi connectivity index (χ4n) is 4.08. The number of nitrogens with one attached hydrogen (secondary N) is 1. The highest BCUT2D eigenvalue weighted by Crippen LogP contribution is 2.30. The Labute approximate surface area is 248 Å². The van der Waals surface area contributed by atoms with Crippen LogP contribution in [-0.2, 0) is 39.8 Å². The predicted octanol–water partition coefficient (Wildman–Crippen LogP) is 2.70. The highest BCUT2D eigenvalue weighted by atomic mass is 35.5. The van der Waals surface area contributed by atoms with E-state index in [-0.39, 0.29) is 42.9 Å². The topological polar surface area (TPSA) is 149 Å². The molecular weight excluding hydrogens is 572 g/mol. The van der Waals surface area contributed by atoms with Crippen LogP contribution < -0.4 is 14.8 Å². The van der Waals surface area contributed by atoms with Crippen molar-refractivity contribution >= 4 is 35.4 Å². The summed E-state index contributed by atoms with van der Waals surface area (Å²) in [5.74, 6) is -4.08. The van der Waals surface area contributed by atoms with E-state index in [1.807, 2.05) is 30.3 Å². The molecular formula is C29H35ClN2O10. The van der Waals surface area contributed by atoms with E-state index in [4.69, 9.17) is 40.0 Å². The van der Waals surface area contributed by atoms with Crippen molar-refractivity contribution in [2.75, 3.05) is 33.0 Å². The third-order valence-corrected chi connectivity index (χ3v) is 6.43. The number of benzene rings is 1. The molecule has 0 spiro atoms. The van der Waals surface area contributed by atoms with Crippen molar-refractivity contribution in [3.63, 3.8) is 0 Å². The highest BCUT2D eigenvalue weighted by molar-refractivity contribution is 6.17. The predicted molar refractivity (Wildman–Crippen MR) is 149 cm³/mol. The number of hydrogen-bond donors (Lipinski definition) is 1. The van der Waals surface area contributed by atoms with E-state index in [1.54, 1.807) is 13.8 Å². The molecule has 4 atom stereocenters. The van der Waals surface area contributed by atoms with E-state index in [0.717, 1.165) is 5.56 Å². The molecule has 2 aromatic rings. The molecule has 1 N–H and O–H groups in total. The van der Waals surface area contributed by atoms with Crippen LogP contribution in [0.2, 0.25) is 0 Å². The van der Waals surface area contributed by atoms with Gasteiger partial charge in [-0.2, -0.15) is 0 Å². The molecule has 13 heteroatoms. The van der Waals surface area contributed by atoms with Crippen molar-refractivity contribution in [2.45, 2.75) is 45.4 Å². The number of hydrogen-bond acceptors (Lipinski definition) is 11. The number of esters is 3. The van der Waals surface area contributed by atoms with Crippen molar-refractivity contribution in [1.82, 2.24) is 10.3 Å². The van der Waals surface area contributed by atoms with E-state index in [1.165, 1.54) is 26.3 Å². The fourth-order valence-corrected chi connectivity index (χ4v) is 4.19. The van der Waals surface area contributed by atoms with E-state index in [9.17, 15) is 19.2 Å². The number of cyclic esters (lactones) is 2. The second-order valence-electron chi connectivity index (χ2n) is 9.70. The zero-order chi connectivity index (χ0) is 30.6. The zero-order valence-corrected chi connectivity index (χ0v) is 24.6. The number of methoxy groups -OCH3 is 1. The molecule has 1 amide bonds. The quantitative estimate of drug-likeness (QED) is 0.125. The Hall–Kier alpha value is -3.90. The van der Waals surface area contributed by atoms with Gasteiger partial charge in [-0.3, -0.25) is 14.4 Å². The Bertz CT molecular complexity index is 1230. The van der Waals surface area contributed by atoms with Crippen LogP contribution in [0.3, 0.4) is 0 Å². The summed E-state index contributed by atoms with van der Waals surface area (Å²) in [6.45, 7) is 4.25. The van der Waals surface area contributed by atoms with Crippen LogP contribution in [0.15, 0.2) is 42.6 Å². The first-order valence-corrected chi connectivity index (χ1v) is 13.9. The molecule has 1 aliphatic heterocycles. The molecule has 1 aromatic carbocycles. The van der Waals surface area contributed by atoms with Crippen LogP contribution in [0.1, 0.15) is 36.8 Å². The largest absolute Gasteiger partial charge is 0.493 e. The van der Waals surface area contributed by atoms with Gasteiger partial charge in [0, 0.05) is 18.1 Å². The highest BCUT2D eigenvalue weighted by Gasteiger charge is 2.42. The Balaban J connectivity index is 1.85. The Morgan fingerprint density at radius 1 is 1.14 bits per heavy atom. The summed E-state index contributed by atoms with van der Waals surface area (Å²) < 4.78 is 32.9. The zero-order valence-electron chi connectivity index (χ0n) is 23.9.